The highest BCUT2D eigenvalue weighted by molar-refractivity contribution is 8.27. The van der Waals surface area contributed by atoms with E-state index in [-0.39, 0.29) is 5.91 Å². The summed E-state index contributed by atoms with van der Waals surface area (Å²) >= 11 is 6.99. The van der Waals surface area contributed by atoms with Gasteiger partial charge in [0, 0.05) is 5.56 Å². The number of nitrogens with zero attached hydrogens (tertiary/aromatic N) is 1. The lowest BCUT2D eigenvalue weighted by Crippen LogP contribution is -2.48. The van der Waals surface area contributed by atoms with Gasteiger partial charge in [0.2, 0.25) is 0 Å². The lowest BCUT2D eigenvalue weighted by Gasteiger charge is -2.57. The van der Waals surface area contributed by atoms with E-state index in [1.165, 1.54) is 55.9 Å². The van der Waals surface area contributed by atoms with Crippen molar-refractivity contribution >= 4 is 46.0 Å². The van der Waals surface area contributed by atoms with Crippen molar-refractivity contribution in [1.82, 2.24) is 0 Å². The number of ether oxygens (including phenoxy) is 1. The molecule has 176 valence electrons. The molecule has 0 unspecified atom stereocenters. The molecule has 1 heterocycles. The highest BCUT2D eigenvalue weighted by Crippen LogP contribution is 2.61. The van der Waals surface area contributed by atoms with Crippen LogP contribution >= 0.6 is 24.0 Å². The summed E-state index contributed by atoms with van der Waals surface area (Å²) in [6.07, 6.45) is 10.3. The van der Waals surface area contributed by atoms with Gasteiger partial charge in [0.15, 0.2) is 4.32 Å². The highest BCUT2D eigenvalue weighted by atomic mass is 32.2. The second-order valence-electron chi connectivity index (χ2n) is 10.7. The van der Waals surface area contributed by atoms with Gasteiger partial charge in [0.1, 0.15) is 5.75 Å². The van der Waals surface area contributed by atoms with Crippen LogP contribution in [-0.2, 0) is 10.2 Å². The Balaban J connectivity index is 1.36. The number of anilines is 1. The van der Waals surface area contributed by atoms with Gasteiger partial charge in [-0.1, -0.05) is 47.7 Å². The number of benzene rings is 2. The predicted molar refractivity (Wildman–Crippen MR) is 144 cm³/mol. The predicted octanol–water partition coefficient (Wildman–Crippen LogP) is 7.27. The minimum atomic E-state index is -0.0542. The molecule has 0 atom stereocenters. The smallest absolute Gasteiger partial charge is 0.270 e. The fourth-order valence-corrected chi connectivity index (χ4v) is 8.56. The first-order valence-electron chi connectivity index (χ1n) is 12.6. The molecule has 0 N–H and O–H groups in total. The Morgan fingerprint density at radius 1 is 1.06 bits per heavy atom. The summed E-state index contributed by atoms with van der Waals surface area (Å²) in [6.45, 7) is 4.65. The number of aryl methyl sites for hydroxylation is 1. The van der Waals surface area contributed by atoms with E-state index in [9.17, 15) is 4.79 Å². The summed E-state index contributed by atoms with van der Waals surface area (Å²) in [7, 11) is 0. The standard InChI is InChI=1S/C29H31NO2S2/c1-3-32-25-9-6-23(29-15-19-10-20(16-29)12-21(11-19)17-29)13-22(25)14-26-27(31)30(28(33)34-26)24-7-4-18(2)5-8-24/h4-9,13-14,19-21H,3,10-12,15-17H2,1-2H3/b26-14-. The SMILES string of the molecule is CCOc1ccc(C23CC4CC(CC(C4)C2)C3)cc1/C=C1\SC(=S)N(c2ccc(C)cc2)C1=O. The molecule has 4 saturated carbocycles. The van der Waals surface area contributed by atoms with Gasteiger partial charge in [-0.25, -0.2) is 0 Å². The van der Waals surface area contributed by atoms with Gasteiger partial charge >= 0.3 is 0 Å². The third kappa shape index (κ3) is 3.81. The van der Waals surface area contributed by atoms with Crippen molar-refractivity contribution in [2.24, 2.45) is 17.8 Å². The van der Waals surface area contributed by atoms with Gasteiger partial charge in [-0.15, -0.1) is 0 Å². The van der Waals surface area contributed by atoms with Crippen molar-refractivity contribution in [3.8, 4) is 5.75 Å². The molecule has 1 saturated heterocycles. The monoisotopic (exact) mass is 489 g/mol. The van der Waals surface area contributed by atoms with Crippen LogP contribution in [-0.4, -0.2) is 16.8 Å². The van der Waals surface area contributed by atoms with Crippen molar-refractivity contribution in [2.45, 2.75) is 57.8 Å². The zero-order valence-electron chi connectivity index (χ0n) is 19.9. The third-order valence-electron chi connectivity index (χ3n) is 8.33. The van der Waals surface area contributed by atoms with E-state index in [4.69, 9.17) is 17.0 Å². The molecule has 5 heteroatoms. The molecule has 0 spiro atoms. The van der Waals surface area contributed by atoms with Gasteiger partial charge in [-0.05, 0) is 111 Å². The van der Waals surface area contributed by atoms with Gasteiger partial charge in [0.25, 0.3) is 5.91 Å². The summed E-state index contributed by atoms with van der Waals surface area (Å²) in [5, 5.41) is 0. The number of thiocarbonyl (C=S) groups is 1. The number of thioether (sulfide) groups is 1. The Morgan fingerprint density at radius 3 is 2.32 bits per heavy atom. The Kier molecular flexibility index (Phi) is 5.61. The van der Waals surface area contributed by atoms with Crippen molar-refractivity contribution < 1.29 is 9.53 Å². The van der Waals surface area contributed by atoms with Gasteiger partial charge in [0.05, 0.1) is 17.2 Å². The first-order chi connectivity index (χ1) is 16.4. The number of hydrogen-bond donors (Lipinski definition) is 0. The maximum Gasteiger partial charge on any atom is 0.270 e. The summed E-state index contributed by atoms with van der Waals surface area (Å²) < 4.78 is 6.58. The van der Waals surface area contributed by atoms with Gasteiger partial charge in [-0.3, -0.25) is 9.69 Å². The van der Waals surface area contributed by atoms with Crippen molar-refractivity contribution in [3.63, 3.8) is 0 Å². The molecule has 4 bridgehead atoms. The van der Waals surface area contributed by atoms with E-state index < -0.39 is 0 Å². The molecule has 5 fully saturated rings. The van der Waals surface area contributed by atoms with Crippen LogP contribution in [0.4, 0.5) is 5.69 Å². The number of rotatable bonds is 5. The van der Waals surface area contributed by atoms with Crippen molar-refractivity contribution in [3.05, 3.63) is 64.1 Å². The Bertz CT molecular complexity index is 1150. The number of carbonyl (C=O) groups excluding carboxylic acids is 1. The average molecular weight is 490 g/mol. The Labute approximate surface area is 211 Å². The molecular formula is C29H31NO2S2. The maximum absolute atomic E-state index is 13.4. The summed E-state index contributed by atoms with van der Waals surface area (Å²) in [5.41, 5.74) is 4.73. The Morgan fingerprint density at radius 2 is 1.71 bits per heavy atom. The second kappa shape index (κ2) is 8.53. The zero-order chi connectivity index (χ0) is 23.4. The third-order valence-corrected chi connectivity index (χ3v) is 9.63. The molecule has 3 nitrogen and oxygen atoms in total. The quantitative estimate of drug-likeness (QED) is 0.326. The molecule has 0 aromatic heterocycles. The van der Waals surface area contributed by atoms with Crippen LogP contribution in [0.5, 0.6) is 5.75 Å². The molecule has 0 radical (unpaired) electrons. The van der Waals surface area contributed by atoms with Crippen LogP contribution in [0.2, 0.25) is 0 Å². The van der Waals surface area contributed by atoms with Crippen LogP contribution in [0, 0.1) is 24.7 Å². The van der Waals surface area contributed by atoms with Crippen LogP contribution in [0.3, 0.4) is 0 Å². The van der Waals surface area contributed by atoms with Gasteiger partial charge < -0.3 is 4.74 Å². The van der Waals surface area contributed by atoms with E-state index in [2.05, 4.69) is 18.2 Å². The first-order valence-corrected chi connectivity index (χ1v) is 13.8. The topological polar surface area (TPSA) is 29.5 Å². The fourth-order valence-electron chi connectivity index (χ4n) is 7.27. The maximum atomic E-state index is 13.4. The van der Waals surface area contributed by atoms with Crippen LogP contribution in [0.1, 0.15) is 62.1 Å². The lowest BCUT2D eigenvalue weighted by atomic mass is 9.48. The number of amides is 1. The van der Waals surface area contributed by atoms with E-state index >= 15 is 0 Å². The molecular weight excluding hydrogens is 458 g/mol. The lowest BCUT2D eigenvalue weighted by molar-refractivity contribution is -0.113. The average Bonchev–Trinajstić information content (AvgIpc) is 3.07. The van der Waals surface area contributed by atoms with E-state index in [1.807, 2.05) is 44.2 Å². The molecule has 2 aromatic carbocycles. The molecule has 5 aliphatic rings. The first kappa shape index (κ1) is 22.4. The zero-order valence-corrected chi connectivity index (χ0v) is 21.5. The normalized spacial score (nSPS) is 31.1. The second-order valence-corrected chi connectivity index (χ2v) is 12.4. The highest BCUT2D eigenvalue weighted by Gasteiger charge is 2.51. The molecule has 4 aliphatic carbocycles. The Hall–Kier alpha value is -2.11. The summed E-state index contributed by atoms with van der Waals surface area (Å²) in [4.78, 5) is 15.7. The number of carbonyl (C=O) groups is 1. The molecule has 1 aliphatic heterocycles. The molecule has 1 amide bonds. The van der Waals surface area contributed by atoms with Crippen molar-refractivity contribution in [1.29, 1.82) is 0 Å². The minimum absolute atomic E-state index is 0.0542. The van der Waals surface area contributed by atoms with Crippen LogP contribution < -0.4 is 9.64 Å². The van der Waals surface area contributed by atoms with Crippen molar-refractivity contribution in [2.75, 3.05) is 11.5 Å². The minimum Gasteiger partial charge on any atom is -0.493 e. The van der Waals surface area contributed by atoms with E-state index in [1.54, 1.807) is 4.90 Å². The van der Waals surface area contributed by atoms with Crippen LogP contribution in [0.25, 0.3) is 6.08 Å². The van der Waals surface area contributed by atoms with Gasteiger partial charge in [-0.2, -0.15) is 0 Å². The summed E-state index contributed by atoms with van der Waals surface area (Å²) in [6, 6.07) is 14.7. The largest absolute Gasteiger partial charge is 0.493 e. The molecule has 2 aromatic rings. The molecule has 34 heavy (non-hydrogen) atoms. The van der Waals surface area contributed by atoms with Crippen LogP contribution in [0.15, 0.2) is 47.4 Å². The summed E-state index contributed by atoms with van der Waals surface area (Å²) in [5.74, 6) is 3.48. The fraction of sp³-hybridized carbons (Fsp3) is 0.448. The van der Waals surface area contributed by atoms with E-state index in [0.29, 0.717) is 21.2 Å². The number of hydrogen-bond acceptors (Lipinski definition) is 4. The van der Waals surface area contributed by atoms with E-state index in [0.717, 1.165) is 40.3 Å². The molecule has 7 rings (SSSR count).